The number of benzene rings is 1. The Balaban J connectivity index is -0.000000208. The summed E-state index contributed by atoms with van der Waals surface area (Å²) in [6.45, 7) is 18.0. The van der Waals surface area contributed by atoms with Gasteiger partial charge in [0, 0.05) is 5.54 Å². The summed E-state index contributed by atoms with van der Waals surface area (Å²) in [6, 6.07) is 9.93. The lowest BCUT2D eigenvalue weighted by Crippen LogP contribution is -1.64. The van der Waals surface area contributed by atoms with E-state index in [2.05, 4.69) is 39.5 Å². The van der Waals surface area contributed by atoms with Crippen molar-refractivity contribution in [3.8, 4) is 0 Å². The summed E-state index contributed by atoms with van der Waals surface area (Å²) >= 11 is 5.36. The Labute approximate surface area is 98.9 Å². The van der Waals surface area contributed by atoms with Gasteiger partial charge in [0.25, 0.3) is 0 Å². The molecule has 0 atom stereocenters. The number of hydrogen-bond acceptors (Lipinski definition) is 0. The Bertz CT molecular complexity index is 222. The molecule has 0 saturated carbocycles. The van der Waals surface area contributed by atoms with Gasteiger partial charge >= 0.3 is 0 Å². The van der Waals surface area contributed by atoms with Gasteiger partial charge in [-0.05, 0) is 11.6 Å². The van der Waals surface area contributed by atoms with Crippen LogP contribution in [0.2, 0.25) is 0 Å². The Morgan fingerprint density at radius 2 is 1.20 bits per heavy atom. The molecule has 82 valence electrons. The van der Waals surface area contributed by atoms with Crippen molar-refractivity contribution in [3.63, 3.8) is 0 Å². The minimum atomic E-state index is 1.13. The Morgan fingerprint density at radius 3 is 1.53 bits per heavy atom. The normalized spacial score (nSPS) is 7.00. The fraction of sp³-hybridized carbons (Fsp3) is 0. The number of hydrogen-bond donors (Lipinski definition) is 0. The molecule has 0 bridgehead atoms. The third-order valence-corrected chi connectivity index (χ3v) is 1.18. The summed E-state index contributed by atoms with van der Waals surface area (Å²) in [5.74, 6) is 0. The molecule has 0 N–H and O–H groups in total. The number of rotatable bonds is 1. The zero-order valence-corrected chi connectivity index (χ0v) is 9.92. The summed E-state index contributed by atoms with van der Waals surface area (Å²) in [7, 11) is 0. The van der Waals surface area contributed by atoms with Crippen LogP contribution in [0.4, 0.5) is 0 Å². The molecule has 1 heteroatoms. The smallest absolute Gasteiger partial charge is 0.00484 e. The standard InChI is InChI=1S/C8H7Cl.3C2H4/c9-7-6-8-4-2-1-3-5-8;3*1-2/h1-7H;3*1-2H2. The third kappa shape index (κ3) is 15.2. The molecule has 0 amide bonds. The fourth-order valence-corrected chi connectivity index (χ4v) is 0.782. The molecule has 0 aromatic heterocycles. The zero-order valence-electron chi connectivity index (χ0n) is 9.16. The van der Waals surface area contributed by atoms with Crippen molar-refractivity contribution < 1.29 is 0 Å². The molecule has 1 aromatic rings. The van der Waals surface area contributed by atoms with Crippen molar-refractivity contribution >= 4 is 17.7 Å². The second-order valence-electron chi connectivity index (χ2n) is 1.70. The van der Waals surface area contributed by atoms with E-state index < -0.39 is 0 Å². The second-order valence-corrected chi connectivity index (χ2v) is 1.96. The fourth-order valence-electron chi connectivity index (χ4n) is 0.637. The monoisotopic (exact) mass is 222 g/mol. The molecule has 0 nitrogen and oxygen atoms in total. The lowest BCUT2D eigenvalue weighted by atomic mass is 10.2. The summed E-state index contributed by atoms with van der Waals surface area (Å²) in [5.41, 5.74) is 2.64. The minimum Gasteiger partial charge on any atom is -0.106 e. The van der Waals surface area contributed by atoms with Crippen LogP contribution in [-0.4, -0.2) is 0 Å². The van der Waals surface area contributed by atoms with Crippen molar-refractivity contribution in [1.29, 1.82) is 0 Å². The molecule has 0 radical (unpaired) electrons. The van der Waals surface area contributed by atoms with Crippen molar-refractivity contribution in [1.82, 2.24) is 0 Å². The predicted octanol–water partition coefficient (Wildman–Crippen LogP) is 5.30. The lowest BCUT2D eigenvalue weighted by molar-refractivity contribution is 1.66. The third-order valence-electron chi connectivity index (χ3n) is 1.06. The van der Waals surface area contributed by atoms with Crippen molar-refractivity contribution in [2.75, 3.05) is 0 Å². The molecule has 0 unspecified atom stereocenters. The van der Waals surface area contributed by atoms with Crippen LogP contribution in [0.25, 0.3) is 6.08 Å². The molecule has 0 saturated heterocycles. The van der Waals surface area contributed by atoms with Gasteiger partial charge in [0.15, 0.2) is 0 Å². The highest BCUT2D eigenvalue weighted by Crippen LogP contribution is 2.00. The SMILES string of the molecule is C=C.C=C.C=C.ClC=Cc1ccccc1. The van der Waals surface area contributed by atoms with Gasteiger partial charge in [-0.25, -0.2) is 0 Å². The molecule has 1 aromatic carbocycles. The van der Waals surface area contributed by atoms with Gasteiger partial charge in [-0.1, -0.05) is 41.9 Å². The molecule has 15 heavy (non-hydrogen) atoms. The minimum absolute atomic E-state index is 1.13. The van der Waals surface area contributed by atoms with Gasteiger partial charge in [0.05, 0.1) is 0 Å². The Kier molecular flexibility index (Phi) is 29.1. The molecular weight excluding hydrogens is 204 g/mol. The van der Waals surface area contributed by atoms with E-state index in [1.54, 1.807) is 0 Å². The highest BCUT2D eigenvalue weighted by atomic mass is 35.5. The van der Waals surface area contributed by atoms with Crippen LogP contribution in [0.1, 0.15) is 5.56 Å². The summed E-state index contributed by atoms with van der Waals surface area (Å²) in [6.07, 6.45) is 1.85. The highest BCUT2D eigenvalue weighted by Gasteiger charge is 1.78. The van der Waals surface area contributed by atoms with Gasteiger partial charge in [-0.2, -0.15) is 0 Å². The van der Waals surface area contributed by atoms with Crippen molar-refractivity contribution in [2.24, 2.45) is 0 Å². The average molecular weight is 223 g/mol. The maximum atomic E-state index is 5.36. The van der Waals surface area contributed by atoms with E-state index in [-0.39, 0.29) is 0 Å². The van der Waals surface area contributed by atoms with E-state index >= 15 is 0 Å². The largest absolute Gasteiger partial charge is 0.106 e. The quantitative estimate of drug-likeness (QED) is 0.566. The molecule has 0 aliphatic carbocycles. The maximum Gasteiger partial charge on any atom is 0.00484 e. The van der Waals surface area contributed by atoms with Crippen molar-refractivity contribution in [2.45, 2.75) is 0 Å². The average Bonchev–Trinajstić information content (AvgIpc) is 2.38. The molecule has 0 aliphatic rings. The molecule has 0 aliphatic heterocycles. The summed E-state index contributed by atoms with van der Waals surface area (Å²) < 4.78 is 0. The highest BCUT2D eigenvalue weighted by molar-refractivity contribution is 6.27. The molecule has 0 spiro atoms. The first kappa shape index (κ1) is 19.1. The Morgan fingerprint density at radius 1 is 0.800 bits per heavy atom. The van der Waals surface area contributed by atoms with Gasteiger partial charge in [0.1, 0.15) is 0 Å². The van der Waals surface area contributed by atoms with E-state index in [4.69, 9.17) is 11.6 Å². The zero-order chi connectivity index (χ0) is 12.5. The molecule has 0 heterocycles. The van der Waals surface area contributed by atoms with E-state index in [0.717, 1.165) is 5.56 Å². The van der Waals surface area contributed by atoms with Crippen molar-refractivity contribution in [3.05, 3.63) is 80.9 Å². The first-order valence-electron chi connectivity index (χ1n) is 4.25. The molecule has 1 rings (SSSR count). The first-order valence-corrected chi connectivity index (χ1v) is 4.69. The Hall–Kier alpha value is -1.53. The molecular formula is C14H19Cl. The maximum absolute atomic E-state index is 5.36. The second kappa shape index (κ2) is 22.9. The van der Waals surface area contributed by atoms with Gasteiger partial charge in [-0.15, -0.1) is 39.5 Å². The van der Waals surface area contributed by atoms with Crippen LogP contribution in [0.3, 0.4) is 0 Å². The topological polar surface area (TPSA) is 0 Å². The van der Waals surface area contributed by atoms with E-state index in [1.807, 2.05) is 36.4 Å². The van der Waals surface area contributed by atoms with E-state index in [0.29, 0.717) is 0 Å². The lowest BCUT2D eigenvalue weighted by Gasteiger charge is -1.86. The van der Waals surface area contributed by atoms with Crippen LogP contribution in [0.5, 0.6) is 0 Å². The van der Waals surface area contributed by atoms with E-state index in [9.17, 15) is 0 Å². The summed E-state index contributed by atoms with van der Waals surface area (Å²) in [5, 5.41) is 0. The number of halogens is 1. The molecule has 0 fully saturated rings. The van der Waals surface area contributed by atoms with Crippen LogP contribution in [-0.2, 0) is 0 Å². The van der Waals surface area contributed by atoms with Gasteiger partial charge < -0.3 is 0 Å². The van der Waals surface area contributed by atoms with Gasteiger partial charge in [-0.3, -0.25) is 0 Å². The predicted molar refractivity (Wildman–Crippen MR) is 75.1 cm³/mol. The summed E-state index contributed by atoms with van der Waals surface area (Å²) in [4.78, 5) is 0. The van der Waals surface area contributed by atoms with E-state index in [1.165, 1.54) is 5.54 Å². The first-order chi connectivity index (χ1) is 7.43. The van der Waals surface area contributed by atoms with Gasteiger partial charge in [0.2, 0.25) is 0 Å². The van der Waals surface area contributed by atoms with Crippen LogP contribution < -0.4 is 0 Å². The van der Waals surface area contributed by atoms with Crippen LogP contribution in [0, 0.1) is 0 Å². The van der Waals surface area contributed by atoms with Crippen LogP contribution >= 0.6 is 11.6 Å². The van der Waals surface area contributed by atoms with Crippen LogP contribution in [0.15, 0.2) is 75.3 Å².